The molecule has 110 valence electrons. The third-order valence-electron chi connectivity index (χ3n) is 2.77. The number of nitrogens with zero attached hydrogens (tertiary/aromatic N) is 1. The number of rotatable bonds is 4. The highest BCUT2D eigenvalue weighted by Crippen LogP contribution is 2.29. The van der Waals surface area contributed by atoms with E-state index in [0.29, 0.717) is 18.8 Å². The van der Waals surface area contributed by atoms with Gasteiger partial charge >= 0.3 is 6.03 Å². The molecule has 0 unspecified atom stereocenters. The predicted octanol–water partition coefficient (Wildman–Crippen LogP) is 2.13. The van der Waals surface area contributed by atoms with Gasteiger partial charge in [-0.25, -0.2) is 9.69 Å². The number of nitrogens with one attached hydrogen (secondary N) is 2. The lowest BCUT2D eigenvalue weighted by atomic mass is 10.1. The quantitative estimate of drug-likeness (QED) is 0.582. The van der Waals surface area contributed by atoms with Crippen molar-refractivity contribution < 1.29 is 9.53 Å². The van der Waals surface area contributed by atoms with Gasteiger partial charge < -0.3 is 15.8 Å². The average Bonchev–Trinajstić information content (AvgIpc) is 2.33. The van der Waals surface area contributed by atoms with E-state index in [2.05, 4.69) is 5.32 Å². The highest BCUT2D eigenvalue weighted by atomic mass is 16.5. The summed E-state index contributed by atoms with van der Waals surface area (Å²) in [6.45, 7) is 8.49. The summed E-state index contributed by atoms with van der Waals surface area (Å²) in [5.74, 6) is 0.428. The van der Waals surface area contributed by atoms with Gasteiger partial charge in [0.2, 0.25) is 5.96 Å². The molecule has 20 heavy (non-hydrogen) atoms. The van der Waals surface area contributed by atoms with Crippen LogP contribution in [0.15, 0.2) is 12.1 Å². The molecule has 0 saturated heterocycles. The summed E-state index contributed by atoms with van der Waals surface area (Å²) in [5, 5.41) is 10.3. The Labute approximate surface area is 119 Å². The second kappa shape index (κ2) is 6.79. The summed E-state index contributed by atoms with van der Waals surface area (Å²) >= 11 is 0. The number of guanidine groups is 1. The maximum Gasteiger partial charge on any atom is 0.328 e. The van der Waals surface area contributed by atoms with Gasteiger partial charge in [-0.1, -0.05) is 0 Å². The van der Waals surface area contributed by atoms with Crippen molar-refractivity contribution >= 4 is 17.7 Å². The fourth-order valence-electron chi connectivity index (χ4n) is 2.08. The Hall–Kier alpha value is -2.24. The van der Waals surface area contributed by atoms with Gasteiger partial charge in [0.05, 0.1) is 12.3 Å². The van der Waals surface area contributed by atoms with Crippen molar-refractivity contribution in [3.8, 4) is 5.75 Å². The number of nitrogens with two attached hydrogens (primary N) is 1. The van der Waals surface area contributed by atoms with Gasteiger partial charge in [-0.3, -0.25) is 5.41 Å². The van der Waals surface area contributed by atoms with E-state index in [-0.39, 0.29) is 5.96 Å². The number of benzene rings is 1. The summed E-state index contributed by atoms with van der Waals surface area (Å²) in [6, 6.07) is 3.26. The molecule has 1 aromatic carbocycles. The number of amides is 2. The van der Waals surface area contributed by atoms with Crippen molar-refractivity contribution in [1.29, 1.82) is 5.41 Å². The van der Waals surface area contributed by atoms with Crippen LogP contribution in [0.4, 0.5) is 10.5 Å². The van der Waals surface area contributed by atoms with Gasteiger partial charge in [-0.2, -0.15) is 0 Å². The number of carbonyl (C=O) groups is 1. The van der Waals surface area contributed by atoms with Gasteiger partial charge in [0.1, 0.15) is 5.75 Å². The Morgan fingerprint density at radius 3 is 2.30 bits per heavy atom. The molecule has 0 spiro atoms. The molecule has 0 heterocycles. The number of hydrogen-bond acceptors (Lipinski definition) is 3. The van der Waals surface area contributed by atoms with E-state index >= 15 is 0 Å². The van der Waals surface area contributed by atoms with Crippen LogP contribution in [0.3, 0.4) is 0 Å². The van der Waals surface area contributed by atoms with E-state index in [1.807, 2.05) is 39.8 Å². The Balaban J connectivity index is 3.27. The van der Waals surface area contributed by atoms with Gasteiger partial charge in [0, 0.05) is 6.54 Å². The van der Waals surface area contributed by atoms with Crippen molar-refractivity contribution in [3.05, 3.63) is 23.3 Å². The summed E-state index contributed by atoms with van der Waals surface area (Å²) in [6.07, 6.45) is 0. The van der Waals surface area contributed by atoms with Gasteiger partial charge in [-0.05, 0) is 51.0 Å². The lowest BCUT2D eigenvalue weighted by Gasteiger charge is -2.25. The molecule has 1 rings (SSSR count). The van der Waals surface area contributed by atoms with Crippen LogP contribution in [0.25, 0.3) is 0 Å². The largest absolute Gasteiger partial charge is 0.494 e. The molecule has 0 radical (unpaired) electrons. The number of urea groups is 1. The molecule has 2 amide bonds. The summed E-state index contributed by atoms with van der Waals surface area (Å²) < 4.78 is 5.47. The van der Waals surface area contributed by atoms with Crippen molar-refractivity contribution in [1.82, 2.24) is 5.32 Å². The van der Waals surface area contributed by atoms with Crippen LogP contribution >= 0.6 is 0 Å². The molecule has 6 nitrogen and oxygen atoms in total. The first-order valence-electron chi connectivity index (χ1n) is 6.58. The van der Waals surface area contributed by atoms with Gasteiger partial charge in [-0.15, -0.1) is 0 Å². The molecule has 6 heteroatoms. The van der Waals surface area contributed by atoms with Crippen molar-refractivity contribution in [2.75, 3.05) is 18.1 Å². The number of hydrogen-bond donors (Lipinski definition) is 3. The van der Waals surface area contributed by atoms with E-state index in [9.17, 15) is 4.79 Å². The molecular formula is C14H22N4O2. The van der Waals surface area contributed by atoms with Crippen molar-refractivity contribution in [3.63, 3.8) is 0 Å². The summed E-state index contributed by atoms with van der Waals surface area (Å²) in [7, 11) is 0. The summed E-state index contributed by atoms with van der Waals surface area (Å²) in [5.41, 5.74) is 7.83. The zero-order valence-electron chi connectivity index (χ0n) is 12.4. The second-order valence-electron chi connectivity index (χ2n) is 4.39. The average molecular weight is 278 g/mol. The van der Waals surface area contributed by atoms with Crippen LogP contribution in [0.1, 0.15) is 25.0 Å². The van der Waals surface area contributed by atoms with Crippen LogP contribution < -0.4 is 20.7 Å². The first-order chi connectivity index (χ1) is 9.42. The minimum Gasteiger partial charge on any atom is -0.494 e. The molecule has 4 N–H and O–H groups in total. The smallest absolute Gasteiger partial charge is 0.328 e. The third-order valence-corrected chi connectivity index (χ3v) is 2.77. The zero-order valence-corrected chi connectivity index (χ0v) is 12.4. The van der Waals surface area contributed by atoms with Gasteiger partial charge in [0.15, 0.2) is 0 Å². The van der Waals surface area contributed by atoms with E-state index in [4.69, 9.17) is 15.9 Å². The molecule has 0 aliphatic carbocycles. The maximum absolute atomic E-state index is 12.1. The lowest BCUT2D eigenvalue weighted by molar-refractivity contribution is 0.249. The Kier molecular flexibility index (Phi) is 5.37. The molecule has 0 fully saturated rings. The molecule has 0 aliphatic rings. The van der Waals surface area contributed by atoms with Gasteiger partial charge in [0.25, 0.3) is 0 Å². The van der Waals surface area contributed by atoms with Crippen molar-refractivity contribution in [2.24, 2.45) is 5.73 Å². The monoisotopic (exact) mass is 278 g/mol. The number of aryl methyl sites for hydroxylation is 2. The van der Waals surface area contributed by atoms with E-state index in [1.165, 1.54) is 4.90 Å². The first-order valence-corrected chi connectivity index (χ1v) is 6.58. The molecule has 0 aliphatic heterocycles. The normalized spacial score (nSPS) is 10.0. The SMILES string of the molecule is CCNC(=O)N(C(=N)N)c1c(C)cc(OCC)cc1C. The molecule has 0 atom stereocenters. The molecule has 0 aromatic heterocycles. The molecular weight excluding hydrogens is 256 g/mol. The van der Waals surface area contributed by atoms with E-state index in [1.54, 1.807) is 0 Å². The minimum absolute atomic E-state index is 0.314. The number of carbonyl (C=O) groups excluding carboxylic acids is 1. The zero-order chi connectivity index (χ0) is 15.3. The van der Waals surface area contributed by atoms with Crippen molar-refractivity contribution in [2.45, 2.75) is 27.7 Å². The highest BCUT2D eigenvalue weighted by molar-refractivity contribution is 6.14. The minimum atomic E-state index is -0.407. The van der Waals surface area contributed by atoms with E-state index in [0.717, 1.165) is 16.9 Å². The summed E-state index contributed by atoms with van der Waals surface area (Å²) in [4.78, 5) is 13.2. The van der Waals surface area contributed by atoms with Crippen LogP contribution in [-0.4, -0.2) is 25.1 Å². The fraction of sp³-hybridized carbons (Fsp3) is 0.429. The topological polar surface area (TPSA) is 91.4 Å². The lowest BCUT2D eigenvalue weighted by Crippen LogP contribution is -2.47. The predicted molar refractivity (Wildman–Crippen MR) is 80.6 cm³/mol. The molecule has 0 bridgehead atoms. The Morgan fingerprint density at radius 1 is 1.35 bits per heavy atom. The Bertz CT molecular complexity index is 491. The maximum atomic E-state index is 12.1. The van der Waals surface area contributed by atoms with E-state index < -0.39 is 6.03 Å². The van der Waals surface area contributed by atoms with Crippen LogP contribution in [0, 0.1) is 19.3 Å². The second-order valence-corrected chi connectivity index (χ2v) is 4.39. The Morgan fingerprint density at radius 2 is 1.90 bits per heavy atom. The molecule has 1 aromatic rings. The third kappa shape index (κ3) is 3.40. The highest BCUT2D eigenvalue weighted by Gasteiger charge is 2.22. The van der Waals surface area contributed by atoms with Crippen LogP contribution in [-0.2, 0) is 0 Å². The molecule has 0 saturated carbocycles. The standard InChI is InChI=1S/C14H22N4O2/c1-5-17-14(19)18(13(15)16)12-9(3)7-11(20-6-2)8-10(12)4/h7-8H,5-6H2,1-4H3,(H3,15,16)(H,17,19). The fourth-order valence-corrected chi connectivity index (χ4v) is 2.08. The number of anilines is 1. The first kappa shape index (κ1) is 15.8. The number of ether oxygens (including phenoxy) is 1. The van der Waals surface area contributed by atoms with Crippen LogP contribution in [0.2, 0.25) is 0 Å². The van der Waals surface area contributed by atoms with Crippen LogP contribution in [0.5, 0.6) is 5.75 Å².